The van der Waals surface area contributed by atoms with Gasteiger partial charge in [0.2, 0.25) is 0 Å². The summed E-state index contributed by atoms with van der Waals surface area (Å²) in [4.78, 5) is 8.03. The molecule has 2 aromatic carbocycles. The molecule has 0 saturated carbocycles. The van der Waals surface area contributed by atoms with Crippen LogP contribution in [-0.4, -0.2) is 9.97 Å². The van der Waals surface area contributed by atoms with Crippen LogP contribution in [0.25, 0.3) is 11.0 Å². The lowest BCUT2D eigenvalue weighted by Crippen LogP contribution is -2.23. The third-order valence-electron chi connectivity index (χ3n) is 3.67. The molecule has 0 amide bonds. The molecule has 2 unspecified atom stereocenters. The first-order chi connectivity index (χ1) is 10.1. The van der Waals surface area contributed by atoms with Crippen molar-refractivity contribution in [2.75, 3.05) is 0 Å². The number of nitrogens with one attached hydrogen (secondary N) is 2. The van der Waals surface area contributed by atoms with E-state index in [4.69, 9.17) is 0 Å². The van der Waals surface area contributed by atoms with E-state index in [-0.39, 0.29) is 12.1 Å². The Morgan fingerprint density at radius 1 is 1.05 bits per heavy atom. The first kappa shape index (κ1) is 14.3. The largest absolute Gasteiger partial charge is 0.341 e. The van der Waals surface area contributed by atoms with Gasteiger partial charge in [-0.05, 0) is 43.7 Å². The van der Waals surface area contributed by atoms with Crippen molar-refractivity contribution >= 4 is 27.0 Å². The zero-order valence-electron chi connectivity index (χ0n) is 12.1. The van der Waals surface area contributed by atoms with E-state index < -0.39 is 0 Å². The summed E-state index contributed by atoms with van der Waals surface area (Å²) in [5, 5.41) is 3.59. The monoisotopic (exact) mass is 343 g/mol. The number of halogens is 1. The van der Waals surface area contributed by atoms with Crippen molar-refractivity contribution in [1.82, 2.24) is 15.3 Å². The molecule has 2 atom stereocenters. The Balaban J connectivity index is 1.77. The standard InChI is InChI=1S/C17H18BrN3/c1-11(13-6-5-7-14(18)10-13)19-12(2)17-20-15-8-3-4-9-16(15)21-17/h3-12,19H,1-2H3,(H,20,21). The smallest absolute Gasteiger partial charge is 0.124 e. The Morgan fingerprint density at radius 3 is 2.62 bits per heavy atom. The zero-order valence-corrected chi connectivity index (χ0v) is 13.7. The van der Waals surface area contributed by atoms with Gasteiger partial charge < -0.3 is 10.3 Å². The SMILES string of the molecule is CC(NC(C)c1nc2ccccc2[nH]1)c1cccc(Br)c1. The van der Waals surface area contributed by atoms with Crippen molar-refractivity contribution in [1.29, 1.82) is 0 Å². The third-order valence-corrected chi connectivity index (χ3v) is 4.16. The molecule has 0 fully saturated rings. The number of aromatic nitrogens is 2. The van der Waals surface area contributed by atoms with Crippen molar-refractivity contribution in [2.24, 2.45) is 0 Å². The van der Waals surface area contributed by atoms with Crippen LogP contribution in [-0.2, 0) is 0 Å². The molecule has 0 aliphatic carbocycles. The fourth-order valence-electron chi connectivity index (χ4n) is 2.50. The maximum absolute atomic E-state index is 4.65. The minimum absolute atomic E-state index is 0.159. The van der Waals surface area contributed by atoms with Crippen molar-refractivity contribution in [3.05, 3.63) is 64.4 Å². The normalized spacial score (nSPS) is 14.2. The quantitative estimate of drug-likeness (QED) is 0.718. The Hall–Kier alpha value is -1.65. The average molecular weight is 344 g/mol. The number of H-pyrrole nitrogens is 1. The minimum Gasteiger partial charge on any atom is -0.341 e. The van der Waals surface area contributed by atoms with Gasteiger partial charge in [-0.15, -0.1) is 0 Å². The van der Waals surface area contributed by atoms with Crippen LogP contribution in [0.4, 0.5) is 0 Å². The second kappa shape index (κ2) is 6.00. The van der Waals surface area contributed by atoms with Crippen LogP contribution in [0.5, 0.6) is 0 Å². The summed E-state index contributed by atoms with van der Waals surface area (Å²) >= 11 is 3.52. The van der Waals surface area contributed by atoms with Crippen molar-refractivity contribution in [3.8, 4) is 0 Å². The third kappa shape index (κ3) is 3.17. The van der Waals surface area contributed by atoms with Crippen molar-refractivity contribution in [2.45, 2.75) is 25.9 Å². The van der Waals surface area contributed by atoms with Crippen molar-refractivity contribution < 1.29 is 0 Å². The highest BCUT2D eigenvalue weighted by molar-refractivity contribution is 9.10. The van der Waals surface area contributed by atoms with Gasteiger partial charge in [0, 0.05) is 10.5 Å². The molecule has 4 heteroatoms. The van der Waals surface area contributed by atoms with E-state index >= 15 is 0 Å². The molecule has 1 heterocycles. The summed E-state index contributed by atoms with van der Waals surface area (Å²) in [5.74, 6) is 0.970. The van der Waals surface area contributed by atoms with Crippen molar-refractivity contribution in [3.63, 3.8) is 0 Å². The van der Waals surface area contributed by atoms with Gasteiger partial charge in [0.1, 0.15) is 5.82 Å². The number of hydrogen-bond donors (Lipinski definition) is 2. The maximum Gasteiger partial charge on any atom is 0.124 e. The molecule has 3 aromatic rings. The Labute approximate surface area is 132 Å². The molecule has 3 rings (SSSR count). The van der Waals surface area contributed by atoms with Gasteiger partial charge in [-0.25, -0.2) is 4.98 Å². The summed E-state index contributed by atoms with van der Waals surface area (Å²) in [7, 11) is 0. The molecular formula is C17H18BrN3. The number of imidazole rings is 1. The first-order valence-corrected chi connectivity index (χ1v) is 7.89. The number of aromatic amines is 1. The highest BCUT2D eigenvalue weighted by Crippen LogP contribution is 2.22. The Kier molecular flexibility index (Phi) is 4.08. The van der Waals surface area contributed by atoms with Crippen LogP contribution in [0.15, 0.2) is 53.0 Å². The van der Waals surface area contributed by atoms with Gasteiger partial charge in [0.15, 0.2) is 0 Å². The van der Waals surface area contributed by atoms with E-state index in [0.29, 0.717) is 0 Å². The molecule has 1 aromatic heterocycles. The summed E-state index contributed by atoms with van der Waals surface area (Å²) in [6.07, 6.45) is 0. The van der Waals surface area contributed by atoms with E-state index in [1.807, 2.05) is 24.3 Å². The van der Waals surface area contributed by atoms with Crippen LogP contribution < -0.4 is 5.32 Å². The summed E-state index contributed by atoms with van der Waals surface area (Å²) < 4.78 is 1.10. The second-order valence-corrected chi connectivity index (χ2v) is 6.22. The molecule has 108 valence electrons. The topological polar surface area (TPSA) is 40.7 Å². The lowest BCUT2D eigenvalue weighted by atomic mass is 10.1. The maximum atomic E-state index is 4.65. The number of fused-ring (bicyclic) bond motifs is 1. The summed E-state index contributed by atoms with van der Waals surface area (Å²) in [6, 6.07) is 16.9. The zero-order chi connectivity index (χ0) is 14.8. The van der Waals surface area contributed by atoms with Gasteiger partial charge in [-0.1, -0.05) is 40.2 Å². The highest BCUT2D eigenvalue weighted by Gasteiger charge is 2.14. The number of benzene rings is 2. The molecule has 0 saturated heterocycles. The van der Waals surface area contributed by atoms with Crippen LogP contribution >= 0.6 is 15.9 Å². The molecular weight excluding hydrogens is 326 g/mol. The molecule has 3 nitrogen and oxygen atoms in total. The van der Waals surface area contributed by atoms with Gasteiger partial charge >= 0.3 is 0 Å². The van der Waals surface area contributed by atoms with Gasteiger partial charge in [-0.3, -0.25) is 0 Å². The Morgan fingerprint density at radius 2 is 1.86 bits per heavy atom. The predicted octanol–water partition coefficient (Wildman–Crippen LogP) is 4.74. The van der Waals surface area contributed by atoms with Crippen LogP contribution in [0.2, 0.25) is 0 Å². The number of rotatable bonds is 4. The molecule has 0 radical (unpaired) electrons. The van der Waals surface area contributed by atoms with E-state index in [1.54, 1.807) is 0 Å². The molecule has 0 bridgehead atoms. The van der Waals surface area contributed by atoms with Crippen LogP contribution in [0.3, 0.4) is 0 Å². The molecule has 0 aliphatic rings. The summed E-state index contributed by atoms with van der Waals surface area (Å²) in [6.45, 7) is 4.30. The van der Waals surface area contributed by atoms with E-state index in [9.17, 15) is 0 Å². The molecule has 0 spiro atoms. The van der Waals surface area contributed by atoms with E-state index in [1.165, 1.54) is 5.56 Å². The lowest BCUT2D eigenvalue weighted by Gasteiger charge is -2.19. The number of para-hydroxylation sites is 2. The van der Waals surface area contributed by atoms with Gasteiger partial charge in [0.25, 0.3) is 0 Å². The number of hydrogen-bond acceptors (Lipinski definition) is 2. The molecule has 2 N–H and O–H groups in total. The van der Waals surface area contributed by atoms with Crippen LogP contribution in [0.1, 0.15) is 37.3 Å². The fourth-order valence-corrected chi connectivity index (χ4v) is 2.92. The van der Waals surface area contributed by atoms with Gasteiger partial charge in [0.05, 0.1) is 17.1 Å². The highest BCUT2D eigenvalue weighted by atomic mass is 79.9. The first-order valence-electron chi connectivity index (χ1n) is 7.09. The summed E-state index contributed by atoms with van der Waals surface area (Å²) in [5.41, 5.74) is 3.35. The van der Waals surface area contributed by atoms with Crippen LogP contribution in [0, 0.1) is 0 Å². The lowest BCUT2D eigenvalue weighted by molar-refractivity contribution is 0.480. The minimum atomic E-state index is 0.159. The predicted molar refractivity (Wildman–Crippen MR) is 90.2 cm³/mol. The Bertz CT molecular complexity index is 717. The average Bonchev–Trinajstić information content (AvgIpc) is 2.91. The molecule has 21 heavy (non-hydrogen) atoms. The fraction of sp³-hybridized carbons (Fsp3) is 0.235. The van der Waals surface area contributed by atoms with E-state index in [0.717, 1.165) is 21.3 Å². The molecule has 0 aliphatic heterocycles. The number of nitrogens with zero attached hydrogens (tertiary/aromatic N) is 1. The second-order valence-electron chi connectivity index (χ2n) is 5.30. The van der Waals surface area contributed by atoms with E-state index in [2.05, 4.69) is 69.3 Å². The van der Waals surface area contributed by atoms with Gasteiger partial charge in [-0.2, -0.15) is 0 Å².